The van der Waals surface area contributed by atoms with Gasteiger partial charge in [-0.15, -0.1) is 11.3 Å². The molecule has 2 rings (SSSR count). The highest BCUT2D eigenvalue weighted by atomic mass is 32.1. The first-order valence-corrected chi connectivity index (χ1v) is 8.58. The molecule has 0 radical (unpaired) electrons. The minimum atomic E-state index is -0.899. The Balaban J connectivity index is 2.44. The van der Waals surface area contributed by atoms with Gasteiger partial charge < -0.3 is 15.8 Å². The summed E-state index contributed by atoms with van der Waals surface area (Å²) in [4.78, 5) is 46.8. The first kappa shape index (κ1) is 20.0. The summed E-state index contributed by atoms with van der Waals surface area (Å²) in [5.74, 6) is -2.40. The van der Waals surface area contributed by atoms with E-state index in [0.29, 0.717) is 6.42 Å². The third-order valence-corrected chi connectivity index (χ3v) is 4.68. The van der Waals surface area contributed by atoms with Gasteiger partial charge in [-0.3, -0.25) is 24.4 Å². The van der Waals surface area contributed by atoms with Gasteiger partial charge in [0.25, 0.3) is 11.8 Å². The number of nitro groups is 1. The second-order valence-electron chi connectivity index (χ2n) is 5.51. The monoisotopic (exact) mass is 395 g/mol. The summed E-state index contributed by atoms with van der Waals surface area (Å²) in [6, 6.07) is 0. The van der Waals surface area contributed by atoms with E-state index < -0.39 is 34.1 Å². The molecule has 0 aliphatic rings. The summed E-state index contributed by atoms with van der Waals surface area (Å²) in [6.07, 6.45) is 1.67. The standard InChI is InChI=1S/C15H17N5O6S/c1-4-5-26-15(23)9-7(2)11(12(16)21)27-14(9)17-13(22)10-8(20(24)25)6-19(3)18-10/h6H,4-5H2,1-3H3,(H2,16,21)(H,17,22). The lowest BCUT2D eigenvalue weighted by Crippen LogP contribution is -2.17. The number of carbonyl (C=O) groups excluding carboxylic acids is 3. The van der Waals surface area contributed by atoms with Crippen LogP contribution in [-0.4, -0.2) is 39.1 Å². The largest absolute Gasteiger partial charge is 0.462 e. The molecule has 0 unspecified atom stereocenters. The summed E-state index contributed by atoms with van der Waals surface area (Å²) >= 11 is 0.788. The fourth-order valence-electron chi connectivity index (χ4n) is 2.28. The van der Waals surface area contributed by atoms with E-state index in [1.54, 1.807) is 0 Å². The highest BCUT2D eigenvalue weighted by molar-refractivity contribution is 7.18. The van der Waals surface area contributed by atoms with Gasteiger partial charge in [0.05, 0.1) is 22.0 Å². The number of nitrogens with two attached hydrogens (primary N) is 1. The molecular formula is C15H17N5O6S. The van der Waals surface area contributed by atoms with E-state index in [4.69, 9.17) is 10.5 Å². The molecule has 0 spiro atoms. The van der Waals surface area contributed by atoms with Crippen molar-refractivity contribution in [3.63, 3.8) is 0 Å². The Hall–Kier alpha value is -3.28. The molecule has 0 aromatic carbocycles. The van der Waals surface area contributed by atoms with Crippen molar-refractivity contribution < 1.29 is 24.0 Å². The molecule has 12 heteroatoms. The molecule has 27 heavy (non-hydrogen) atoms. The van der Waals surface area contributed by atoms with Gasteiger partial charge in [0.1, 0.15) is 11.2 Å². The third-order valence-electron chi connectivity index (χ3n) is 3.46. The maximum absolute atomic E-state index is 12.5. The van der Waals surface area contributed by atoms with Crippen molar-refractivity contribution in [3.05, 3.63) is 38.0 Å². The van der Waals surface area contributed by atoms with Gasteiger partial charge in [0, 0.05) is 7.05 Å². The molecule has 0 saturated heterocycles. The molecule has 0 saturated carbocycles. The van der Waals surface area contributed by atoms with Crippen LogP contribution in [0.5, 0.6) is 0 Å². The normalized spacial score (nSPS) is 10.5. The van der Waals surface area contributed by atoms with Crippen LogP contribution in [0, 0.1) is 17.0 Å². The van der Waals surface area contributed by atoms with Gasteiger partial charge in [-0.2, -0.15) is 5.10 Å². The lowest BCUT2D eigenvalue weighted by Gasteiger charge is -2.06. The number of ether oxygens (including phenoxy) is 1. The van der Waals surface area contributed by atoms with E-state index in [1.807, 2.05) is 6.92 Å². The number of aromatic nitrogens is 2. The molecule has 0 fully saturated rings. The minimum Gasteiger partial charge on any atom is -0.462 e. The Morgan fingerprint density at radius 3 is 2.67 bits per heavy atom. The number of esters is 1. The highest BCUT2D eigenvalue weighted by Gasteiger charge is 2.29. The summed E-state index contributed by atoms with van der Waals surface area (Å²) in [5.41, 5.74) is 4.63. The number of primary amides is 1. The maximum atomic E-state index is 12.5. The number of anilines is 1. The summed E-state index contributed by atoms with van der Waals surface area (Å²) < 4.78 is 6.20. The fourth-order valence-corrected chi connectivity index (χ4v) is 3.32. The van der Waals surface area contributed by atoms with Crippen molar-refractivity contribution in [2.45, 2.75) is 20.3 Å². The quantitative estimate of drug-likeness (QED) is 0.409. The minimum absolute atomic E-state index is 0.00681. The van der Waals surface area contributed by atoms with E-state index in [2.05, 4.69) is 10.4 Å². The first-order valence-electron chi connectivity index (χ1n) is 7.77. The molecule has 11 nitrogen and oxygen atoms in total. The number of amides is 2. The number of hydrogen-bond acceptors (Lipinski definition) is 8. The predicted molar refractivity (Wildman–Crippen MR) is 96.0 cm³/mol. The third kappa shape index (κ3) is 4.11. The van der Waals surface area contributed by atoms with Gasteiger partial charge in [-0.1, -0.05) is 6.92 Å². The van der Waals surface area contributed by atoms with E-state index in [9.17, 15) is 24.5 Å². The Bertz CT molecular complexity index is 932. The first-order chi connectivity index (χ1) is 12.7. The van der Waals surface area contributed by atoms with E-state index in [-0.39, 0.29) is 27.6 Å². The molecule has 144 valence electrons. The van der Waals surface area contributed by atoms with Crippen LogP contribution < -0.4 is 11.1 Å². The second-order valence-corrected chi connectivity index (χ2v) is 6.53. The molecule has 0 aliphatic carbocycles. The number of carbonyl (C=O) groups is 3. The molecular weight excluding hydrogens is 378 g/mol. The average Bonchev–Trinajstić information content (AvgIpc) is 3.13. The molecule has 0 aliphatic heterocycles. The van der Waals surface area contributed by atoms with Crippen LogP contribution in [0.15, 0.2) is 6.20 Å². The molecule has 2 amide bonds. The van der Waals surface area contributed by atoms with Crippen LogP contribution in [0.4, 0.5) is 10.7 Å². The zero-order valence-corrected chi connectivity index (χ0v) is 15.6. The number of rotatable bonds is 7. The molecule has 2 aromatic heterocycles. The van der Waals surface area contributed by atoms with Crippen LogP contribution in [-0.2, 0) is 11.8 Å². The molecule has 0 bridgehead atoms. The van der Waals surface area contributed by atoms with Crippen LogP contribution in [0.3, 0.4) is 0 Å². The maximum Gasteiger partial charge on any atom is 0.341 e. The number of nitrogens with one attached hydrogen (secondary N) is 1. The number of nitrogens with zero attached hydrogens (tertiary/aromatic N) is 3. The Kier molecular flexibility index (Phi) is 5.90. The molecule has 3 N–H and O–H groups in total. The molecule has 2 aromatic rings. The highest BCUT2D eigenvalue weighted by Crippen LogP contribution is 2.34. The number of hydrogen-bond donors (Lipinski definition) is 2. The average molecular weight is 395 g/mol. The van der Waals surface area contributed by atoms with Crippen molar-refractivity contribution in [2.24, 2.45) is 12.8 Å². The van der Waals surface area contributed by atoms with Crippen LogP contribution in [0.25, 0.3) is 0 Å². The van der Waals surface area contributed by atoms with Crippen LogP contribution in [0.1, 0.15) is 49.4 Å². The van der Waals surface area contributed by atoms with Crippen molar-refractivity contribution in [3.8, 4) is 0 Å². The van der Waals surface area contributed by atoms with Crippen LogP contribution >= 0.6 is 11.3 Å². The van der Waals surface area contributed by atoms with E-state index in [1.165, 1.54) is 14.0 Å². The van der Waals surface area contributed by atoms with Gasteiger partial charge in [0.2, 0.25) is 5.69 Å². The topological polar surface area (TPSA) is 159 Å². The van der Waals surface area contributed by atoms with Crippen molar-refractivity contribution in [1.29, 1.82) is 0 Å². The van der Waals surface area contributed by atoms with Crippen molar-refractivity contribution >= 4 is 39.8 Å². The summed E-state index contributed by atoms with van der Waals surface area (Å²) in [5, 5.41) is 17.3. The van der Waals surface area contributed by atoms with Crippen molar-refractivity contribution in [2.75, 3.05) is 11.9 Å². The SMILES string of the molecule is CCCOC(=O)c1c(NC(=O)c2nn(C)cc2[N+](=O)[O-])sc(C(N)=O)c1C. The predicted octanol–water partition coefficient (Wildman–Crippen LogP) is 1.62. The summed E-state index contributed by atoms with van der Waals surface area (Å²) in [6.45, 7) is 3.46. The molecule has 0 atom stereocenters. The van der Waals surface area contributed by atoms with Gasteiger partial charge >= 0.3 is 11.7 Å². The number of thiophene rings is 1. The summed E-state index contributed by atoms with van der Waals surface area (Å²) in [7, 11) is 1.43. The zero-order valence-electron chi connectivity index (χ0n) is 14.8. The molecule has 2 heterocycles. The van der Waals surface area contributed by atoms with E-state index >= 15 is 0 Å². The fraction of sp³-hybridized carbons (Fsp3) is 0.333. The lowest BCUT2D eigenvalue weighted by atomic mass is 10.1. The van der Waals surface area contributed by atoms with Gasteiger partial charge in [0.15, 0.2) is 0 Å². The lowest BCUT2D eigenvalue weighted by molar-refractivity contribution is -0.385. The van der Waals surface area contributed by atoms with Crippen molar-refractivity contribution in [1.82, 2.24) is 9.78 Å². The van der Waals surface area contributed by atoms with E-state index in [0.717, 1.165) is 22.2 Å². The van der Waals surface area contributed by atoms with Gasteiger partial charge in [-0.25, -0.2) is 4.79 Å². The Labute approximate surface area is 157 Å². The smallest absolute Gasteiger partial charge is 0.341 e. The van der Waals surface area contributed by atoms with Crippen LogP contribution in [0.2, 0.25) is 0 Å². The van der Waals surface area contributed by atoms with Gasteiger partial charge in [-0.05, 0) is 18.9 Å². The Morgan fingerprint density at radius 2 is 2.11 bits per heavy atom. The Morgan fingerprint density at radius 1 is 1.44 bits per heavy atom. The second kappa shape index (κ2) is 7.95. The number of aryl methyl sites for hydroxylation is 1. The zero-order chi connectivity index (χ0) is 20.3.